The minimum atomic E-state index is -0.207. The van der Waals surface area contributed by atoms with E-state index in [4.69, 9.17) is 14.6 Å². The number of nitrogens with zero attached hydrogens (tertiary/aromatic N) is 3. The average molecular weight is 469 g/mol. The second kappa shape index (κ2) is 10.4. The molecule has 1 fully saturated rings. The molecule has 0 radical (unpaired) electrons. The van der Waals surface area contributed by atoms with Gasteiger partial charge in [0, 0.05) is 36.2 Å². The van der Waals surface area contributed by atoms with Crippen molar-refractivity contribution >= 4 is 17.3 Å². The van der Waals surface area contributed by atoms with E-state index >= 15 is 0 Å². The summed E-state index contributed by atoms with van der Waals surface area (Å²) in [5.41, 5.74) is 4.86. The Morgan fingerprint density at radius 1 is 1.00 bits per heavy atom. The summed E-state index contributed by atoms with van der Waals surface area (Å²) >= 11 is 0. The third-order valence-corrected chi connectivity index (χ3v) is 6.02. The highest BCUT2D eigenvalue weighted by Crippen LogP contribution is 2.28. The van der Waals surface area contributed by atoms with Crippen molar-refractivity contribution in [1.29, 1.82) is 0 Å². The number of anilines is 2. The van der Waals surface area contributed by atoms with E-state index in [0.717, 1.165) is 35.6 Å². The first kappa shape index (κ1) is 22.7. The van der Waals surface area contributed by atoms with Crippen molar-refractivity contribution in [3.05, 3.63) is 96.2 Å². The van der Waals surface area contributed by atoms with Gasteiger partial charge in [-0.25, -0.2) is 0 Å². The van der Waals surface area contributed by atoms with Gasteiger partial charge in [-0.3, -0.25) is 9.48 Å². The van der Waals surface area contributed by atoms with Crippen LogP contribution < -0.4 is 15.0 Å². The molecule has 1 amide bonds. The Bertz CT molecular complexity index is 1300. The maximum absolute atomic E-state index is 13.5. The van der Waals surface area contributed by atoms with E-state index in [-0.39, 0.29) is 5.91 Å². The number of amides is 1. The SMILES string of the molecule is COc1cccc(-c2nn(Cc3ccccc3)cc2C(=O)Nc2cccc(N3CCOCC3)c2)c1. The van der Waals surface area contributed by atoms with E-state index in [2.05, 4.69) is 16.3 Å². The number of hydrogen-bond acceptors (Lipinski definition) is 5. The molecule has 0 atom stereocenters. The van der Waals surface area contributed by atoms with Crippen LogP contribution in [0.15, 0.2) is 85.1 Å². The molecule has 35 heavy (non-hydrogen) atoms. The number of carbonyl (C=O) groups excluding carboxylic acids is 1. The van der Waals surface area contributed by atoms with Crippen LogP contribution in [0.3, 0.4) is 0 Å². The first-order chi connectivity index (χ1) is 17.2. The summed E-state index contributed by atoms with van der Waals surface area (Å²) < 4.78 is 12.7. The molecule has 4 aromatic rings. The van der Waals surface area contributed by atoms with Crippen molar-refractivity contribution in [2.75, 3.05) is 43.6 Å². The van der Waals surface area contributed by atoms with Crippen molar-refractivity contribution in [3.8, 4) is 17.0 Å². The lowest BCUT2D eigenvalue weighted by Crippen LogP contribution is -2.36. The second-order valence-electron chi connectivity index (χ2n) is 8.41. The predicted octanol–water partition coefficient (Wildman–Crippen LogP) is 4.70. The Balaban J connectivity index is 1.44. The maximum Gasteiger partial charge on any atom is 0.259 e. The second-order valence-corrected chi connectivity index (χ2v) is 8.41. The van der Waals surface area contributed by atoms with Crippen LogP contribution in [0.1, 0.15) is 15.9 Å². The van der Waals surface area contributed by atoms with Gasteiger partial charge in [0.25, 0.3) is 5.91 Å². The zero-order valence-electron chi connectivity index (χ0n) is 19.7. The van der Waals surface area contributed by atoms with Gasteiger partial charge in [-0.1, -0.05) is 48.5 Å². The molecule has 1 aromatic heterocycles. The highest BCUT2D eigenvalue weighted by molar-refractivity contribution is 6.08. The van der Waals surface area contributed by atoms with Gasteiger partial charge in [-0.15, -0.1) is 0 Å². The molecule has 7 nitrogen and oxygen atoms in total. The molecular formula is C28H28N4O3. The fourth-order valence-electron chi connectivity index (χ4n) is 4.22. The van der Waals surface area contributed by atoms with Crippen LogP contribution in [0.5, 0.6) is 5.75 Å². The van der Waals surface area contributed by atoms with E-state index in [0.29, 0.717) is 36.8 Å². The monoisotopic (exact) mass is 468 g/mol. The van der Waals surface area contributed by atoms with Crippen LogP contribution in [0, 0.1) is 0 Å². The summed E-state index contributed by atoms with van der Waals surface area (Å²) in [6, 6.07) is 25.6. The van der Waals surface area contributed by atoms with Gasteiger partial charge in [0.05, 0.1) is 32.4 Å². The number of benzene rings is 3. The maximum atomic E-state index is 13.5. The fourth-order valence-corrected chi connectivity index (χ4v) is 4.22. The smallest absolute Gasteiger partial charge is 0.259 e. The molecule has 178 valence electrons. The minimum Gasteiger partial charge on any atom is -0.497 e. The van der Waals surface area contributed by atoms with Crippen LogP contribution in [-0.2, 0) is 11.3 Å². The van der Waals surface area contributed by atoms with Crippen LogP contribution in [0.25, 0.3) is 11.3 Å². The van der Waals surface area contributed by atoms with E-state index in [9.17, 15) is 4.79 Å². The predicted molar refractivity (Wildman–Crippen MR) is 137 cm³/mol. The molecule has 0 saturated carbocycles. The molecule has 5 rings (SSSR count). The highest BCUT2D eigenvalue weighted by Gasteiger charge is 2.20. The number of morpholine rings is 1. The normalized spacial score (nSPS) is 13.5. The molecule has 0 bridgehead atoms. The number of nitrogens with one attached hydrogen (secondary N) is 1. The Morgan fingerprint density at radius 3 is 2.60 bits per heavy atom. The molecule has 0 spiro atoms. The summed E-state index contributed by atoms with van der Waals surface area (Å²) in [5.74, 6) is 0.505. The third-order valence-electron chi connectivity index (χ3n) is 6.02. The molecule has 1 N–H and O–H groups in total. The largest absolute Gasteiger partial charge is 0.497 e. The van der Waals surface area contributed by atoms with E-state index in [1.807, 2.05) is 83.7 Å². The standard InChI is InChI=1S/C28H28N4O3/c1-34-25-12-5-9-22(17-25)27-26(20-32(30-27)19-21-7-3-2-4-8-21)28(33)29-23-10-6-11-24(18-23)31-13-15-35-16-14-31/h2-12,17-18,20H,13-16,19H2,1H3,(H,29,33). The number of ether oxygens (including phenoxy) is 2. The minimum absolute atomic E-state index is 0.207. The molecule has 0 unspecified atom stereocenters. The third kappa shape index (κ3) is 5.36. The Labute approximate surface area is 204 Å². The van der Waals surface area contributed by atoms with Crippen molar-refractivity contribution in [2.45, 2.75) is 6.54 Å². The van der Waals surface area contributed by atoms with Gasteiger partial charge in [-0.2, -0.15) is 5.10 Å². The first-order valence-electron chi connectivity index (χ1n) is 11.7. The lowest BCUT2D eigenvalue weighted by atomic mass is 10.1. The number of rotatable bonds is 7. The Kier molecular flexibility index (Phi) is 6.77. The summed E-state index contributed by atoms with van der Waals surface area (Å²) in [5, 5.41) is 7.86. The number of carbonyl (C=O) groups is 1. The average Bonchev–Trinajstić information content (AvgIpc) is 3.34. The zero-order valence-corrected chi connectivity index (χ0v) is 19.7. The van der Waals surface area contributed by atoms with E-state index < -0.39 is 0 Å². The van der Waals surface area contributed by atoms with Crippen LogP contribution in [-0.4, -0.2) is 49.1 Å². The van der Waals surface area contributed by atoms with Gasteiger partial charge in [0.15, 0.2) is 0 Å². The lowest BCUT2D eigenvalue weighted by molar-refractivity contribution is 0.102. The highest BCUT2D eigenvalue weighted by atomic mass is 16.5. The molecule has 1 aliphatic heterocycles. The summed E-state index contributed by atoms with van der Waals surface area (Å²) in [6.07, 6.45) is 1.81. The van der Waals surface area contributed by atoms with E-state index in [1.165, 1.54) is 0 Å². The van der Waals surface area contributed by atoms with Gasteiger partial charge < -0.3 is 19.7 Å². The summed E-state index contributed by atoms with van der Waals surface area (Å²) in [7, 11) is 1.63. The van der Waals surface area contributed by atoms with Crippen molar-refractivity contribution < 1.29 is 14.3 Å². The first-order valence-corrected chi connectivity index (χ1v) is 11.7. The van der Waals surface area contributed by atoms with Gasteiger partial charge >= 0.3 is 0 Å². The zero-order chi connectivity index (χ0) is 24.0. The van der Waals surface area contributed by atoms with Gasteiger partial charge in [0.2, 0.25) is 0 Å². The van der Waals surface area contributed by atoms with Crippen molar-refractivity contribution in [1.82, 2.24) is 9.78 Å². The van der Waals surface area contributed by atoms with Gasteiger partial charge in [-0.05, 0) is 35.9 Å². The molecule has 0 aliphatic carbocycles. The molecule has 1 saturated heterocycles. The topological polar surface area (TPSA) is 68.6 Å². The number of methoxy groups -OCH3 is 1. The molecule has 1 aliphatic rings. The number of hydrogen-bond donors (Lipinski definition) is 1. The van der Waals surface area contributed by atoms with E-state index in [1.54, 1.807) is 7.11 Å². The van der Waals surface area contributed by atoms with Crippen LogP contribution >= 0.6 is 0 Å². The lowest BCUT2D eigenvalue weighted by Gasteiger charge is -2.29. The quantitative estimate of drug-likeness (QED) is 0.426. The Morgan fingerprint density at radius 2 is 1.80 bits per heavy atom. The molecule has 7 heteroatoms. The van der Waals surface area contributed by atoms with Crippen LogP contribution in [0.2, 0.25) is 0 Å². The Hall–Kier alpha value is -4.10. The molecule has 2 heterocycles. The fraction of sp³-hybridized carbons (Fsp3) is 0.214. The molecular weight excluding hydrogens is 440 g/mol. The van der Waals surface area contributed by atoms with Crippen molar-refractivity contribution in [3.63, 3.8) is 0 Å². The van der Waals surface area contributed by atoms with Crippen LogP contribution in [0.4, 0.5) is 11.4 Å². The van der Waals surface area contributed by atoms with Crippen molar-refractivity contribution in [2.24, 2.45) is 0 Å². The summed E-state index contributed by atoms with van der Waals surface area (Å²) in [6.45, 7) is 3.66. The number of aromatic nitrogens is 2. The molecule has 3 aromatic carbocycles. The summed E-state index contributed by atoms with van der Waals surface area (Å²) in [4.78, 5) is 15.7. The van der Waals surface area contributed by atoms with Gasteiger partial charge in [0.1, 0.15) is 11.4 Å².